The van der Waals surface area contributed by atoms with Crippen molar-refractivity contribution >= 4 is 11.1 Å². The molecule has 0 aliphatic heterocycles. The summed E-state index contributed by atoms with van der Waals surface area (Å²) in [5.74, 6) is 1.35. The number of nitrogens with one attached hydrogen (secondary N) is 1. The highest BCUT2D eigenvalue weighted by Gasteiger charge is 2.06. The van der Waals surface area contributed by atoms with Crippen LogP contribution in [0.4, 0.5) is 0 Å². The molecule has 2 aromatic heterocycles. The molecule has 98 valence electrons. The molecule has 1 aromatic carbocycles. The molecule has 0 fully saturated rings. The molecule has 3 N–H and O–H groups in total. The molecule has 3 rings (SSSR count). The van der Waals surface area contributed by atoms with Gasteiger partial charge in [-0.25, -0.2) is 4.79 Å². The first kappa shape index (κ1) is 11.8. The van der Waals surface area contributed by atoms with E-state index < -0.39 is 5.76 Å². The zero-order valence-electron chi connectivity index (χ0n) is 10.3. The van der Waals surface area contributed by atoms with Crippen molar-refractivity contribution in [2.75, 3.05) is 6.54 Å². The van der Waals surface area contributed by atoms with Crippen LogP contribution in [-0.2, 0) is 12.8 Å². The van der Waals surface area contributed by atoms with Gasteiger partial charge in [0.15, 0.2) is 5.58 Å². The topological polar surface area (TPSA) is 85.2 Å². The number of oxazole rings is 1. The van der Waals surface area contributed by atoms with E-state index in [1.165, 1.54) is 0 Å². The third kappa shape index (κ3) is 2.46. The second-order valence-electron chi connectivity index (χ2n) is 4.43. The van der Waals surface area contributed by atoms with Crippen molar-refractivity contribution in [3.05, 3.63) is 58.0 Å². The quantitative estimate of drug-likeness (QED) is 0.747. The first-order valence-corrected chi connectivity index (χ1v) is 6.14. The molecule has 0 atom stereocenters. The van der Waals surface area contributed by atoms with Crippen molar-refractivity contribution in [3.8, 4) is 0 Å². The van der Waals surface area contributed by atoms with E-state index in [9.17, 15) is 4.79 Å². The highest BCUT2D eigenvalue weighted by Crippen LogP contribution is 2.17. The molecule has 0 saturated heterocycles. The number of H-pyrrole nitrogens is 1. The fraction of sp³-hybridized carbons (Fsp3) is 0.214. The van der Waals surface area contributed by atoms with Crippen molar-refractivity contribution in [2.24, 2.45) is 5.73 Å². The molecule has 0 unspecified atom stereocenters. The van der Waals surface area contributed by atoms with Crippen molar-refractivity contribution < 1.29 is 8.83 Å². The third-order valence-corrected chi connectivity index (χ3v) is 2.97. The smallest absolute Gasteiger partial charge is 0.417 e. The number of fused-ring (bicyclic) bond motifs is 1. The molecule has 5 nitrogen and oxygen atoms in total. The van der Waals surface area contributed by atoms with Gasteiger partial charge in [0, 0.05) is 12.8 Å². The predicted octanol–water partition coefficient (Wildman–Crippen LogP) is 1.81. The van der Waals surface area contributed by atoms with Crippen LogP contribution in [0.1, 0.15) is 17.1 Å². The van der Waals surface area contributed by atoms with E-state index in [2.05, 4.69) is 4.98 Å². The maximum absolute atomic E-state index is 11.1. The van der Waals surface area contributed by atoms with E-state index in [0.29, 0.717) is 24.1 Å². The van der Waals surface area contributed by atoms with Gasteiger partial charge in [0.1, 0.15) is 11.5 Å². The Morgan fingerprint density at radius 3 is 2.79 bits per heavy atom. The van der Waals surface area contributed by atoms with Gasteiger partial charge in [-0.05, 0) is 36.4 Å². The van der Waals surface area contributed by atoms with Crippen molar-refractivity contribution in [2.45, 2.75) is 12.8 Å². The second-order valence-corrected chi connectivity index (χ2v) is 4.43. The lowest BCUT2D eigenvalue weighted by molar-refractivity contribution is 0.474. The molecule has 0 aliphatic carbocycles. The molecule has 5 heteroatoms. The lowest BCUT2D eigenvalue weighted by Crippen LogP contribution is -2.01. The summed E-state index contributed by atoms with van der Waals surface area (Å²) in [6.45, 7) is 0.579. The zero-order chi connectivity index (χ0) is 13.2. The number of rotatable bonds is 4. The van der Waals surface area contributed by atoms with Gasteiger partial charge in [-0.1, -0.05) is 6.07 Å². The Bertz CT molecular complexity index is 751. The number of benzene rings is 1. The summed E-state index contributed by atoms with van der Waals surface area (Å²) in [6, 6.07) is 9.50. The molecular formula is C14H14N2O3. The predicted molar refractivity (Wildman–Crippen MR) is 71.1 cm³/mol. The fourth-order valence-electron chi connectivity index (χ4n) is 2.10. The molecule has 0 aliphatic rings. The minimum atomic E-state index is -0.435. The zero-order valence-corrected chi connectivity index (χ0v) is 10.3. The van der Waals surface area contributed by atoms with Crippen LogP contribution in [0.5, 0.6) is 0 Å². The van der Waals surface area contributed by atoms with Crippen LogP contribution in [0.2, 0.25) is 0 Å². The monoisotopic (exact) mass is 258 g/mol. The SMILES string of the molecule is NCCc1ccc(Cc2ccc3oc(=O)[nH]c3c2)o1. The molecule has 19 heavy (non-hydrogen) atoms. The highest BCUT2D eigenvalue weighted by atomic mass is 16.4. The van der Waals surface area contributed by atoms with Gasteiger partial charge in [0.2, 0.25) is 0 Å². The minimum Gasteiger partial charge on any atom is -0.466 e. The number of aromatic amines is 1. The van der Waals surface area contributed by atoms with Crippen molar-refractivity contribution in [3.63, 3.8) is 0 Å². The van der Waals surface area contributed by atoms with Crippen LogP contribution in [0, 0.1) is 0 Å². The lowest BCUT2D eigenvalue weighted by atomic mass is 10.1. The molecule has 2 heterocycles. The van der Waals surface area contributed by atoms with Gasteiger partial charge in [0.05, 0.1) is 5.52 Å². The Morgan fingerprint density at radius 1 is 1.11 bits per heavy atom. The Hall–Kier alpha value is -2.27. The molecule has 0 spiro atoms. The average Bonchev–Trinajstić information content (AvgIpc) is 2.95. The summed E-state index contributed by atoms with van der Waals surface area (Å²) >= 11 is 0. The summed E-state index contributed by atoms with van der Waals surface area (Å²) < 4.78 is 10.6. The van der Waals surface area contributed by atoms with Crippen LogP contribution in [-0.4, -0.2) is 11.5 Å². The summed E-state index contributed by atoms with van der Waals surface area (Å²) in [5, 5.41) is 0. The van der Waals surface area contributed by atoms with Gasteiger partial charge < -0.3 is 14.6 Å². The second kappa shape index (κ2) is 4.78. The van der Waals surface area contributed by atoms with E-state index in [4.69, 9.17) is 14.6 Å². The Kier molecular flexibility index (Phi) is 2.97. The fourth-order valence-corrected chi connectivity index (χ4v) is 2.10. The van der Waals surface area contributed by atoms with Crippen molar-refractivity contribution in [1.82, 2.24) is 4.98 Å². The van der Waals surface area contributed by atoms with E-state index in [1.807, 2.05) is 24.3 Å². The largest absolute Gasteiger partial charge is 0.466 e. The molecule has 0 radical (unpaired) electrons. The number of hydrogen-bond acceptors (Lipinski definition) is 4. The molecular weight excluding hydrogens is 244 g/mol. The summed E-state index contributed by atoms with van der Waals surface area (Å²) in [7, 11) is 0. The van der Waals surface area contributed by atoms with Gasteiger partial charge in [-0.15, -0.1) is 0 Å². The van der Waals surface area contributed by atoms with Crippen molar-refractivity contribution in [1.29, 1.82) is 0 Å². The van der Waals surface area contributed by atoms with E-state index in [-0.39, 0.29) is 0 Å². The normalized spacial score (nSPS) is 11.2. The van der Waals surface area contributed by atoms with Crippen LogP contribution in [0.3, 0.4) is 0 Å². The van der Waals surface area contributed by atoms with Gasteiger partial charge in [-0.2, -0.15) is 0 Å². The molecule has 0 saturated carbocycles. The minimum absolute atomic E-state index is 0.435. The maximum atomic E-state index is 11.1. The number of furan rings is 1. The van der Waals surface area contributed by atoms with E-state index >= 15 is 0 Å². The van der Waals surface area contributed by atoms with Crippen LogP contribution in [0.15, 0.2) is 44.0 Å². The Morgan fingerprint density at radius 2 is 1.95 bits per heavy atom. The Balaban J connectivity index is 1.85. The van der Waals surface area contributed by atoms with Gasteiger partial charge in [0.25, 0.3) is 0 Å². The third-order valence-electron chi connectivity index (χ3n) is 2.97. The van der Waals surface area contributed by atoms with E-state index in [0.717, 1.165) is 23.5 Å². The van der Waals surface area contributed by atoms with Crippen LogP contribution in [0.25, 0.3) is 11.1 Å². The summed E-state index contributed by atoms with van der Waals surface area (Å²) in [5.41, 5.74) is 7.81. The van der Waals surface area contributed by atoms with Crippen LogP contribution < -0.4 is 11.5 Å². The highest BCUT2D eigenvalue weighted by molar-refractivity contribution is 5.72. The lowest BCUT2D eigenvalue weighted by Gasteiger charge is -1.98. The first-order chi connectivity index (χ1) is 9.24. The van der Waals surface area contributed by atoms with Crippen LogP contribution >= 0.6 is 0 Å². The number of nitrogens with two attached hydrogens (primary N) is 1. The Labute approximate surface area is 109 Å². The summed E-state index contributed by atoms with van der Waals surface area (Å²) in [6.07, 6.45) is 1.42. The molecule has 3 aromatic rings. The van der Waals surface area contributed by atoms with Gasteiger partial charge in [-0.3, -0.25) is 4.98 Å². The summed E-state index contributed by atoms with van der Waals surface area (Å²) in [4.78, 5) is 13.7. The number of hydrogen-bond donors (Lipinski definition) is 2. The van der Waals surface area contributed by atoms with E-state index in [1.54, 1.807) is 6.07 Å². The molecule has 0 amide bonds. The maximum Gasteiger partial charge on any atom is 0.417 e. The number of aromatic nitrogens is 1. The standard InChI is InChI=1S/C14H14N2O3/c15-6-5-10-2-3-11(18-10)7-9-1-4-13-12(8-9)16-14(17)19-13/h1-4,8H,5-7,15H2,(H,16,17). The van der Waals surface area contributed by atoms with Gasteiger partial charge >= 0.3 is 5.76 Å². The first-order valence-electron chi connectivity index (χ1n) is 6.14. The molecule has 0 bridgehead atoms. The average molecular weight is 258 g/mol.